The minimum absolute atomic E-state index is 0.311. The number of hydrogen-bond acceptors (Lipinski definition) is 3. The summed E-state index contributed by atoms with van der Waals surface area (Å²) >= 11 is 0. The molecule has 0 aliphatic carbocycles. The largest absolute Gasteiger partial charge is 0.494 e. The van der Waals surface area contributed by atoms with E-state index in [0.29, 0.717) is 12.2 Å². The van der Waals surface area contributed by atoms with Crippen LogP contribution in [0.15, 0.2) is 18.2 Å². The van der Waals surface area contributed by atoms with Crippen molar-refractivity contribution in [3.63, 3.8) is 0 Å². The van der Waals surface area contributed by atoms with E-state index in [0.717, 1.165) is 17.7 Å². The highest BCUT2D eigenvalue weighted by molar-refractivity contribution is 5.91. The molecule has 0 amide bonds. The van der Waals surface area contributed by atoms with E-state index in [2.05, 4.69) is 11.7 Å². The monoisotopic (exact) mass is 208 g/mol. The molecule has 0 aliphatic rings. The van der Waals surface area contributed by atoms with Crippen LogP contribution in [0.2, 0.25) is 0 Å². The Morgan fingerprint density at radius 1 is 1.40 bits per heavy atom. The van der Waals surface area contributed by atoms with Crippen LogP contribution in [-0.4, -0.2) is 19.7 Å². The van der Waals surface area contributed by atoms with Crippen molar-refractivity contribution in [3.8, 4) is 5.75 Å². The third kappa shape index (κ3) is 2.98. The Balaban J connectivity index is 2.83. The first-order valence-electron chi connectivity index (χ1n) is 5.00. The van der Waals surface area contributed by atoms with Crippen molar-refractivity contribution in [2.45, 2.75) is 20.3 Å². The lowest BCUT2D eigenvalue weighted by Crippen LogP contribution is -2.04. The standard InChI is InChI=1S/C12H16O3/c1-4-7-15-10-5-6-11(9(2)8-10)12(13)14-3/h5-6,8H,4,7H2,1-3H3. The summed E-state index contributed by atoms with van der Waals surface area (Å²) in [6.45, 7) is 4.61. The summed E-state index contributed by atoms with van der Waals surface area (Å²) in [6, 6.07) is 5.36. The number of hydrogen-bond donors (Lipinski definition) is 0. The molecule has 0 heterocycles. The second kappa shape index (κ2) is 5.39. The quantitative estimate of drug-likeness (QED) is 0.713. The topological polar surface area (TPSA) is 35.5 Å². The second-order valence-electron chi connectivity index (χ2n) is 3.32. The van der Waals surface area contributed by atoms with E-state index in [-0.39, 0.29) is 5.97 Å². The maximum atomic E-state index is 11.3. The molecular weight excluding hydrogens is 192 g/mol. The van der Waals surface area contributed by atoms with Gasteiger partial charge in [-0.15, -0.1) is 0 Å². The van der Waals surface area contributed by atoms with Gasteiger partial charge in [-0.2, -0.15) is 0 Å². The molecule has 0 spiro atoms. The molecule has 15 heavy (non-hydrogen) atoms. The summed E-state index contributed by atoms with van der Waals surface area (Å²) in [7, 11) is 1.38. The van der Waals surface area contributed by atoms with Crippen molar-refractivity contribution in [2.24, 2.45) is 0 Å². The van der Waals surface area contributed by atoms with Crippen LogP contribution in [0.4, 0.5) is 0 Å². The van der Waals surface area contributed by atoms with Crippen LogP contribution in [0.1, 0.15) is 29.3 Å². The zero-order chi connectivity index (χ0) is 11.3. The Labute approximate surface area is 90.0 Å². The summed E-state index contributed by atoms with van der Waals surface area (Å²) in [5.74, 6) is 0.483. The van der Waals surface area contributed by atoms with E-state index in [9.17, 15) is 4.79 Å². The molecule has 1 rings (SSSR count). The van der Waals surface area contributed by atoms with Gasteiger partial charge in [0.2, 0.25) is 0 Å². The molecule has 0 saturated heterocycles. The highest BCUT2D eigenvalue weighted by atomic mass is 16.5. The number of methoxy groups -OCH3 is 1. The summed E-state index contributed by atoms with van der Waals surface area (Å²) in [6.07, 6.45) is 0.970. The number of carbonyl (C=O) groups excluding carboxylic acids is 1. The minimum atomic E-state index is -0.311. The number of ether oxygens (including phenoxy) is 2. The van der Waals surface area contributed by atoms with Gasteiger partial charge >= 0.3 is 5.97 Å². The van der Waals surface area contributed by atoms with Gasteiger partial charge in [-0.1, -0.05) is 6.92 Å². The van der Waals surface area contributed by atoms with Crippen molar-refractivity contribution in [1.82, 2.24) is 0 Å². The Morgan fingerprint density at radius 3 is 2.67 bits per heavy atom. The molecule has 0 N–H and O–H groups in total. The average Bonchev–Trinajstić information content (AvgIpc) is 2.25. The van der Waals surface area contributed by atoms with Gasteiger partial charge in [-0.05, 0) is 37.1 Å². The first kappa shape index (κ1) is 11.6. The van der Waals surface area contributed by atoms with Gasteiger partial charge < -0.3 is 9.47 Å². The maximum absolute atomic E-state index is 11.3. The van der Waals surface area contributed by atoms with E-state index >= 15 is 0 Å². The van der Waals surface area contributed by atoms with Crippen molar-refractivity contribution >= 4 is 5.97 Å². The van der Waals surface area contributed by atoms with Crippen molar-refractivity contribution in [3.05, 3.63) is 29.3 Å². The predicted octanol–water partition coefficient (Wildman–Crippen LogP) is 2.57. The summed E-state index contributed by atoms with van der Waals surface area (Å²) in [4.78, 5) is 11.3. The number of esters is 1. The Hall–Kier alpha value is -1.51. The highest BCUT2D eigenvalue weighted by Gasteiger charge is 2.09. The molecule has 82 valence electrons. The molecule has 0 bridgehead atoms. The number of rotatable bonds is 4. The second-order valence-corrected chi connectivity index (χ2v) is 3.32. The molecule has 3 heteroatoms. The van der Waals surface area contributed by atoms with Gasteiger partial charge in [0.25, 0.3) is 0 Å². The smallest absolute Gasteiger partial charge is 0.338 e. The zero-order valence-corrected chi connectivity index (χ0v) is 9.37. The van der Waals surface area contributed by atoms with Gasteiger partial charge in [-0.3, -0.25) is 0 Å². The van der Waals surface area contributed by atoms with Gasteiger partial charge in [0.15, 0.2) is 0 Å². The van der Waals surface area contributed by atoms with Crippen molar-refractivity contribution < 1.29 is 14.3 Å². The first-order chi connectivity index (χ1) is 7.19. The molecule has 1 aromatic rings. The van der Waals surface area contributed by atoms with Gasteiger partial charge in [0.1, 0.15) is 5.75 Å². The summed E-state index contributed by atoms with van der Waals surface area (Å²) in [5.41, 5.74) is 1.46. The molecule has 0 radical (unpaired) electrons. The van der Waals surface area contributed by atoms with Crippen LogP contribution in [0, 0.1) is 6.92 Å². The lowest BCUT2D eigenvalue weighted by atomic mass is 10.1. The molecule has 0 saturated carbocycles. The van der Waals surface area contributed by atoms with Crippen LogP contribution in [-0.2, 0) is 4.74 Å². The molecule has 0 aliphatic heterocycles. The van der Waals surface area contributed by atoms with Crippen LogP contribution >= 0.6 is 0 Å². The Bertz CT molecular complexity index is 345. The first-order valence-corrected chi connectivity index (χ1v) is 5.00. The van der Waals surface area contributed by atoms with E-state index in [1.54, 1.807) is 12.1 Å². The predicted molar refractivity (Wildman–Crippen MR) is 58.3 cm³/mol. The van der Waals surface area contributed by atoms with Crippen molar-refractivity contribution in [1.29, 1.82) is 0 Å². The molecule has 0 atom stereocenters. The minimum Gasteiger partial charge on any atom is -0.494 e. The lowest BCUT2D eigenvalue weighted by molar-refractivity contribution is 0.0600. The fourth-order valence-corrected chi connectivity index (χ4v) is 1.28. The lowest BCUT2D eigenvalue weighted by Gasteiger charge is -2.08. The Morgan fingerprint density at radius 2 is 2.13 bits per heavy atom. The van der Waals surface area contributed by atoms with Crippen LogP contribution < -0.4 is 4.74 Å². The van der Waals surface area contributed by atoms with E-state index in [1.165, 1.54) is 7.11 Å². The number of benzene rings is 1. The molecule has 0 unspecified atom stereocenters. The van der Waals surface area contributed by atoms with Gasteiger partial charge in [0.05, 0.1) is 19.3 Å². The number of aryl methyl sites for hydroxylation is 1. The fraction of sp³-hybridized carbons (Fsp3) is 0.417. The van der Waals surface area contributed by atoms with Crippen LogP contribution in [0.3, 0.4) is 0 Å². The normalized spacial score (nSPS) is 9.80. The SMILES string of the molecule is CCCOc1ccc(C(=O)OC)c(C)c1. The Kier molecular flexibility index (Phi) is 4.16. The molecule has 0 aromatic heterocycles. The van der Waals surface area contributed by atoms with Gasteiger partial charge in [0, 0.05) is 0 Å². The zero-order valence-electron chi connectivity index (χ0n) is 9.37. The molecule has 3 nitrogen and oxygen atoms in total. The van der Waals surface area contributed by atoms with Crippen LogP contribution in [0.25, 0.3) is 0 Å². The maximum Gasteiger partial charge on any atom is 0.338 e. The molecule has 1 aromatic carbocycles. The fourth-order valence-electron chi connectivity index (χ4n) is 1.28. The van der Waals surface area contributed by atoms with Gasteiger partial charge in [-0.25, -0.2) is 4.79 Å². The average molecular weight is 208 g/mol. The summed E-state index contributed by atoms with van der Waals surface area (Å²) in [5, 5.41) is 0. The van der Waals surface area contributed by atoms with Crippen molar-refractivity contribution in [2.75, 3.05) is 13.7 Å². The van der Waals surface area contributed by atoms with E-state index < -0.39 is 0 Å². The van der Waals surface area contributed by atoms with E-state index in [1.807, 2.05) is 13.0 Å². The third-order valence-corrected chi connectivity index (χ3v) is 2.08. The highest BCUT2D eigenvalue weighted by Crippen LogP contribution is 2.18. The third-order valence-electron chi connectivity index (χ3n) is 2.08. The number of carbonyl (C=O) groups is 1. The molecular formula is C12H16O3. The van der Waals surface area contributed by atoms with E-state index in [4.69, 9.17) is 4.74 Å². The van der Waals surface area contributed by atoms with Crippen LogP contribution in [0.5, 0.6) is 5.75 Å². The molecule has 0 fully saturated rings. The summed E-state index contributed by atoms with van der Waals surface area (Å²) < 4.78 is 10.1.